The highest BCUT2D eigenvalue weighted by molar-refractivity contribution is 9.10. The number of anilines is 1. The van der Waals surface area contributed by atoms with Crippen LogP contribution in [0.3, 0.4) is 0 Å². The summed E-state index contributed by atoms with van der Waals surface area (Å²) in [7, 11) is 3.24. The Bertz CT molecular complexity index is 863. The summed E-state index contributed by atoms with van der Waals surface area (Å²) in [6.07, 6.45) is 2.96. The van der Waals surface area contributed by atoms with Gasteiger partial charge in [-0.3, -0.25) is 4.90 Å². The Balaban J connectivity index is 2.01. The van der Waals surface area contributed by atoms with Crippen LogP contribution in [-0.2, 0) is 4.79 Å². The lowest BCUT2D eigenvalue weighted by molar-refractivity contribution is -0.128. The van der Waals surface area contributed by atoms with E-state index in [2.05, 4.69) is 21.2 Å². The minimum atomic E-state index is -0.513. The number of urea groups is 1. The largest absolute Gasteiger partial charge is 0.496 e. The number of hydrogen-bond donors (Lipinski definition) is 1. The minimum Gasteiger partial charge on any atom is -0.496 e. The number of amides is 2. The van der Waals surface area contributed by atoms with E-state index in [0.29, 0.717) is 17.2 Å². The van der Waals surface area contributed by atoms with Crippen molar-refractivity contribution in [3.05, 3.63) is 58.6 Å². The first-order valence-electron chi connectivity index (χ1n) is 8.68. The molecule has 28 heavy (non-hydrogen) atoms. The van der Waals surface area contributed by atoms with Gasteiger partial charge in [0, 0.05) is 34.9 Å². The fraction of sp³-hybridized carbons (Fsp3) is 0.238. The first-order valence-corrected chi connectivity index (χ1v) is 9.47. The number of hydrogen-bond acceptors (Lipinski definition) is 4. The molecule has 0 aliphatic heterocycles. The fourth-order valence-corrected chi connectivity index (χ4v) is 2.72. The van der Waals surface area contributed by atoms with Gasteiger partial charge in [0.1, 0.15) is 11.5 Å². The molecule has 0 saturated carbocycles. The van der Waals surface area contributed by atoms with E-state index in [9.17, 15) is 9.59 Å². The molecule has 0 aliphatic rings. The molecule has 0 spiro atoms. The number of nitrogens with zero attached hydrogens (tertiary/aromatic N) is 1. The molecule has 0 bridgehead atoms. The highest BCUT2D eigenvalue weighted by Crippen LogP contribution is 2.24. The molecular weight excluding hydrogens is 424 g/mol. The van der Waals surface area contributed by atoms with E-state index in [1.807, 2.05) is 26.0 Å². The van der Waals surface area contributed by atoms with Crippen LogP contribution in [0.5, 0.6) is 11.5 Å². The topological polar surface area (TPSA) is 67.9 Å². The number of halogens is 1. The molecule has 0 aliphatic carbocycles. The van der Waals surface area contributed by atoms with E-state index < -0.39 is 5.97 Å². The summed E-state index contributed by atoms with van der Waals surface area (Å²) in [4.78, 5) is 25.6. The van der Waals surface area contributed by atoms with E-state index in [-0.39, 0.29) is 12.1 Å². The normalized spacial score (nSPS) is 10.8. The third-order valence-electron chi connectivity index (χ3n) is 3.75. The lowest BCUT2D eigenvalue weighted by atomic mass is 10.2. The van der Waals surface area contributed by atoms with Crippen molar-refractivity contribution in [2.75, 3.05) is 19.1 Å². The zero-order valence-electron chi connectivity index (χ0n) is 16.2. The number of nitrogens with one attached hydrogen (secondary N) is 1. The molecule has 2 aromatic rings. The quantitative estimate of drug-likeness (QED) is 0.398. The second-order valence-electron chi connectivity index (χ2n) is 6.30. The maximum atomic E-state index is 12.1. The van der Waals surface area contributed by atoms with Crippen molar-refractivity contribution in [2.45, 2.75) is 19.9 Å². The average molecular weight is 447 g/mol. The number of methoxy groups -OCH3 is 1. The number of carbonyl (C=O) groups is 2. The first-order chi connectivity index (χ1) is 13.3. The van der Waals surface area contributed by atoms with E-state index in [0.717, 1.165) is 10.0 Å². The molecule has 0 heterocycles. The molecule has 0 unspecified atom stereocenters. The monoisotopic (exact) mass is 446 g/mol. The van der Waals surface area contributed by atoms with Gasteiger partial charge in [-0.2, -0.15) is 0 Å². The molecule has 1 N–H and O–H groups in total. The zero-order valence-corrected chi connectivity index (χ0v) is 17.8. The first kappa shape index (κ1) is 21.5. The van der Waals surface area contributed by atoms with E-state index in [1.54, 1.807) is 50.6 Å². The van der Waals surface area contributed by atoms with Crippen LogP contribution in [0.2, 0.25) is 0 Å². The maximum absolute atomic E-state index is 12.1. The predicted molar refractivity (Wildman–Crippen MR) is 114 cm³/mol. The molecule has 2 aromatic carbocycles. The van der Waals surface area contributed by atoms with Crippen molar-refractivity contribution < 1.29 is 19.1 Å². The predicted octanol–water partition coefficient (Wildman–Crippen LogP) is 4.63. The van der Waals surface area contributed by atoms with Crippen LogP contribution < -0.4 is 19.7 Å². The number of ether oxygens (including phenoxy) is 2. The molecule has 2 amide bonds. The van der Waals surface area contributed by atoms with Gasteiger partial charge in [-0.15, -0.1) is 0 Å². The van der Waals surface area contributed by atoms with Gasteiger partial charge in [-0.05, 0) is 62.4 Å². The van der Waals surface area contributed by atoms with Crippen LogP contribution in [0.15, 0.2) is 53.0 Å². The van der Waals surface area contributed by atoms with Crippen molar-refractivity contribution in [3.8, 4) is 11.5 Å². The number of rotatable bonds is 6. The number of benzene rings is 2. The van der Waals surface area contributed by atoms with Gasteiger partial charge < -0.3 is 14.8 Å². The van der Waals surface area contributed by atoms with Crippen molar-refractivity contribution >= 4 is 39.7 Å². The second kappa shape index (κ2) is 9.94. The average Bonchev–Trinajstić information content (AvgIpc) is 2.66. The smallest absolute Gasteiger partial charge is 0.336 e. The van der Waals surface area contributed by atoms with Gasteiger partial charge in [-0.25, -0.2) is 9.59 Å². The molecule has 2 rings (SSSR count). The van der Waals surface area contributed by atoms with Crippen LogP contribution in [0, 0.1) is 0 Å². The van der Waals surface area contributed by atoms with Gasteiger partial charge >= 0.3 is 12.0 Å². The lowest BCUT2D eigenvalue weighted by Gasteiger charge is -2.19. The molecular formula is C21H23BrN2O4. The second-order valence-corrected chi connectivity index (χ2v) is 7.21. The molecule has 0 atom stereocenters. The number of carbonyl (C=O) groups excluding carboxylic acids is 2. The Morgan fingerprint density at radius 3 is 2.43 bits per heavy atom. The Morgan fingerprint density at radius 1 is 1.14 bits per heavy atom. The molecule has 0 radical (unpaired) electrons. The van der Waals surface area contributed by atoms with Gasteiger partial charge in [-0.1, -0.05) is 15.9 Å². The summed E-state index contributed by atoms with van der Waals surface area (Å²) in [5, 5.41) is 2.81. The molecule has 0 saturated heterocycles. The Labute approximate surface area is 173 Å². The Hall–Kier alpha value is -2.80. The van der Waals surface area contributed by atoms with Crippen LogP contribution in [-0.4, -0.2) is 32.2 Å². The van der Waals surface area contributed by atoms with Crippen molar-refractivity contribution in [2.24, 2.45) is 0 Å². The van der Waals surface area contributed by atoms with E-state index >= 15 is 0 Å². The highest BCUT2D eigenvalue weighted by atomic mass is 79.9. The number of esters is 1. The summed E-state index contributed by atoms with van der Waals surface area (Å²) in [5.41, 5.74) is 1.44. The van der Waals surface area contributed by atoms with Gasteiger partial charge in [0.2, 0.25) is 0 Å². The van der Waals surface area contributed by atoms with Gasteiger partial charge in [0.15, 0.2) is 0 Å². The Morgan fingerprint density at radius 2 is 1.82 bits per heavy atom. The van der Waals surface area contributed by atoms with Crippen molar-refractivity contribution in [1.82, 2.24) is 5.32 Å². The van der Waals surface area contributed by atoms with Crippen molar-refractivity contribution in [3.63, 3.8) is 0 Å². The summed E-state index contributed by atoms with van der Waals surface area (Å²) >= 11 is 3.39. The standard InChI is InChI=1S/C21H23BrN2O4/c1-14(2)23-21(26)24(3)17-7-9-18(10-8-17)28-20(25)12-5-15-13-16(22)6-11-19(15)27-4/h5-14H,1-4H3,(H,23,26). The summed E-state index contributed by atoms with van der Waals surface area (Å²) in [6, 6.07) is 12.0. The van der Waals surface area contributed by atoms with Gasteiger partial charge in [0.25, 0.3) is 0 Å². The maximum Gasteiger partial charge on any atom is 0.336 e. The summed E-state index contributed by atoms with van der Waals surface area (Å²) in [6.45, 7) is 3.79. The van der Waals surface area contributed by atoms with Crippen LogP contribution in [0.4, 0.5) is 10.5 Å². The highest BCUT2D eigenvalue weighted by Gasteiger charge is 2.12. The molecule has 0 aromatic heterocycles. The van der Waals surface area contributed by atoms with Crippen molar-refractivity contribution in [1.29, 1.82) is 0 Å². The van der Waals surface area contributed by atoms with E-state index in [1.165, 1.54) is 11.0 Å². The van der Waals surface area contributed by atoms with Crippen LogP contribution >= 0.6 is 15.9 Å². The van der Waals surface area contributed by atoms with Gasteiger partial charge in [0.05, 0.1) is 7.11 Å². The molecule has 0 fully saturated rings. The lowest BCUT2D eigenvalue weighted by Crippen LogP contribution is -2.40. The van der Waals surface area contributed by atoms with E-state index in [4.69, 9.17) is 9.47 Å². The third-order valence-corrected chi connectivity index (χ3v) is 4.24. The SMILES string of the molecule is COc1ccc(Br)cc1C=CC(=O)Oc1ccc(N(C)C(=O)NC(C)C)cc1. The third kappa shape index (κ3) is 6.13. The van der Waals surface area contributed by atoms with Crippen LogP contribution in [0.1, 0.15) is 19.4 Å². The molecule has 6 nitrogen and oxygen atoms in total. The molecule has 148 valence electrons. The minimum absolute atomic E-state index is 0.0471. The summed E-state index contributed by atoms with van der Waals surface area (Å²) < 4.78 is 11.4. The summed E-state index contributed by atoms with van der Waals surface area (Å²) in [5.74, 6) is 0.525. The zero-order chi connectivity index (χ0) is 20.7. The van der Waals surface area contributed by atoms with Crippen LogP contribution in [0.25, 0.3) is 6.08 Å². The molecule has 7 heteroatoms. The fourth-order valence-electron chi connectivity index (χ4n) is 2.34. The Kier molecular flexibility index (Phi) is 7.63.